The van der Waals surface area contributed by atoms with E-state index in [0.717, 1.165) is 77.1 Å². The number of fused-ring (bicyclic) bond motifs is 2. The van der Waals surface area contributed by atoms with Gasteiger partial charge < -0.3 is 20.5 Å². The number of hydrogen-bond acceptors (Lipinski definition) is 8. The van der Waals surface area contributed by atoms with Crippen molar-refractivity contribution < 1.29 is 0 Å². The van der Waals surface area contributed by atoms with E-state index in [4.69, 9.17) is 9.97 Å². The molecule has 8 nitrogen and oxygen atoms in total. The van der Waals surface area contributed by atoms with Crippen molar-refractivity contribution in [2.24, 2.45) is 0 Å². The van der Waals surface area contributed by atoms with Crippen LogP contribution in [0.25, 0.3) is 39.0 Å². The Labute approximate surface area is 215 Å². The fourth-order valence-electron chi connectivity index (χ4n) is 5.13. The largest absolute Gasteiger partial charge is 0.386 e. The second-order valence-corrected chi connectivity index (χ2v) is 10.5. The van der Waals surface area contributed by atoms with Gasteiger partial charge in [-0.05, 0) is 47.6 Å². The Morgan fingerprint density at radius 3 is 2.83 bits per heavy atom. The van der Waals surface area contributed by atoms with Gasteiger partial charge in [0, 0.05) is 62.0 Å². The number of hydrogen-bond donors (Lipinski definition) is 3. The summed E-state index contributed by atoms with van der Waals surface area (Å²) in [5, 5.41) is 11.1. The minimum atomic E-state index is 0.560. The lowest BCUT2D eigenvalue weighted by atomic mass is 9.79. The summed E-state index contributed by atoms with van der Waals surface area (Å²) in [6.07, 6.45) is 9.51. The average Bonchev–Trinajstić information content (AvgIpc) is 3.32. The van der Waals surface area contributed by atoms with E-state index >= 15 is 0 Å². The van der Waals surface area contributed by atoms with Crippen molar-refractivity contribution in [2.75, 3.05) is 43.9 Å². The molecule has 0 bridgehead atoms. The number of pyridine rings is 2. The number of nitrogens with zero attached hydrogens (tertiary/aromatic N) is 5. The summed E-state index contributed by atoms with van der Waals surface area (Å²) in [6.45, 7) is 5.94. The summed E-state index contributed by atoms with van der Waals surface area (Å²) in [4.78, 5) is 25.4. The van der Waals surface area contributed by atoms with Crippen LogP contribution < -0.4 is 15.5 Å². The van der Waals surface area contributed by atoms with Crippen LogP contribution in [0.4, 0.5) is 5.82 Å². The van der Waals surface area contributed by atoms with Crippen molar-refractivity contribution in [3.8, 4) is 11.4 Å². The Kier molecular flexibility index (Phi) is 6.50. The molecule has 0 spiro atoms. The first-order valence-electron chi connectivity index (χ1n) is 12.9. The molecule has 0 amide bonds. The van der Waals surface area contributed by atoms with E-state index in [1.165, 1.54) is 30.2 Å². The van der Waals surface area contributed by atoms with Gasteiger partial charge in [-0.3, -0.25) is 4.98 Å². The number of anilines is 1. The second kappa shape index (κ2) is 10.1. The maximum absolute atomic E-state index is 5.25. The van der Waals surface area contributed by atoms with Gasteiger partial charge in [0.2, 0.25) is 0 Å². The van der Waals surface area contributed by atoms with Crippen molar-refractivity contribution in [1.82, 2.24) is 35.6 Å². The first-order valence-corrected chi connectivity index (χ1v) is 13.9. The molecule has 5 heterocycles. The third-order valence-electron chi connectivity index (χ3n) is 7.28. The van der Waals surface area contributed by atoms with Crippen molar-refractivity contribution >= 4 is 45.2 Å². The zero-order chi connectivity index (χ0) is 24.5. The predicted molar refractivity (Wildman–Crippen MR) is 149 cm³/mol. The van der Waals surface area contributed by atoms with Gasteiger partial charge in [0.05, 0.1) is 23.1 Å². The van der Waals surface area contributed by atoms with Crippen molar-refractivity contribution in [2.45, 2.75) is 32.1 Å². The lowest BCUT2D eigenvalue weighted by Crippen LogP contribution is -2.44. The summed E-state index contributed by atoms with van der Waals surface area (Å²) in [6, 6.07) is 4.17. The van der Waals surface area contributed by atoms with Crippen molar-refractivity contribution in [3.63, 3.8) is 0 Å². The van der Waals surface area contributed by atoms with E-state index in [-0.39, 0.29) is 0 Å². The number of rotatable bonds is 7. The number of thioether (sulfide) groups is 1. The van der Waals surface area contributed by atoms with E-state index in [1.54, 1.807) is 11.8 Å². The number of aromatic nitrogens is 5. The molecule has 9 heteroatoms. The molecule has 1 aliphatic heterocycles. The minimum Gasteiger partial charge on any atom is -0.386 e. The molecule has 1 saturated heterocycles. The normalized spacial score (nSPS) is 17.1. The molecular weight excluding hydrogens is 468 g/mol. The molecule has 6 rings (SSSR count). The highest BCUT2D eigenvalue weighted by Crippen LogP contribution is 2.42. The van der Waals surface area contributed by atoms with Gasteiger partial charge in [-0.15, -0.1) is 11.8 Å². The highest BCUT2D eigenvalue weighted by molar-refractivity contribution is 8.02. The van der Waals surface area contributed by atoms with Crippen LogP contribution in [-0.2, 0) is 0 Å². The maximum atomic E-state index is 5.25. The Bertz CT molecular complexity index is 1420. The van der Waals surface area contributed by atoms with E-state index in [9.17, 15) is 0 Å². The molecule has 186 valence electrons. The summed E-state index contributed by atoms with van der Waals surface area (Å²) in [5.74, 6) is 3.34. The van der Waals surface area contributed by atoms with E-state index in [0.29, 0.717) is 5.92 Å². The van der Waals surface area contributed by atoms with Gasteiger partial charge in [0.25, 0.3) is 0 Å². The Morgan fingerprint density at radius 1 is 1.22 bits per heavy atom. The fourth-order valence-corrected chi connectivity index (χ4v) is 5.71. The van der Waals surface area contributed by atoms with Gasteiger partial charge in [0.15, 0.2) is 5.82 Å². The van der Waals surface area contributed by atoms with Crippen LogP contribution in [0, 0.1) is 0 Å². The Hall–Kier alpha value is -3.17. The number of H-pyrrole nitrogens is 1. The number of nitrogens with one attached hydrogen (secondary N) is 3. The topological polar surface area (TPSA) is 94.7 Å². The molecule has 1 saturated carbocycles. The first-order chi connectivity index (χ1) is 17.8. The molecule has 0 radical (unpaired) electrons. The molecule has 4 aromatic rings. The van der Waals surface area contributed by atoms with Gasteiger partial charge in [0.1, 0.15) is 11.5 Å². The zero-order valence-corrected chi connectivity index (χ0v) is 21.7. The molecule has 36 heavy (non-hydrogen) atoms. The number of aromatic amines is 1. The highest BCUT2D eigenvalue weighted by atomic mass is 32.2. The standard InChI is InChI=1S/C27H32N8S/c1-3-36-16-23(28-2)21-13-19-18(7-8-31-25(19)32-21)26-33-22-15-30-14-20(17-5-4-6-17)24(22)27(34-26)35-11-9-29-10-12-35/h7-8,13-17,28-29H,3-6,9-12H2,1-2H3,(H,31,32)/b23-16-. The van der Waals surface area contributed by atoms with Crippen LogP contribution in [0.3, 0.4) is 0 Å². The van der Waals surface area contributed by atoms with Crippen LogP contribution in [0.5, 0.6) is 0 Å². The zero-order valence-electron chi connectivity index (χ0n) is 20.8. The van der Waals surface area contributed by atoms with Crippen LogP contribution >= 0.6 is 11.8 Å². The molecule has 1 aliphatic carbocycles. The smallest absolute Gasteiger partial charge is 0.163 e. The summed E-state index contributed by atoms with van der Waals surface area (Å²) in [7, 11) is 1.95. The van der Waals surface area contributed by atoms with E-state index < -0.39 is 0 Å². The van der Waals surface area contributed by atoms with Gasteiger partial charge in [-0.2, -0.15) is 0 Å². The second-order valence-electron chi connectivity index (χ2n) is 9.40. The van der Waals surface area contributed by atoms with Crippen molar-refractivity contribution in [1.29, 1.82) is 0 Å². The quantitative estimate of drug-likeness (QED) is 0.341. The Morgan fingerprint density at radius 2 is 2.08 bits per heavy atom. The predicted octanol–water partition coefficient (Wildman–Crippen LogP) is 4.52. The summed E-state index contributed by atoms with van der Waals surface area (Å²) in [5.41, 5.74) is 6.09. The third-order valence-corrected chi connectivity index (χ3v) is 8.01. The van der Waals surface area contributed by atoms with Crippen molar-refractivity contribution in [3.05, 3.63) is 47.4 Å². The lowest BCUT2D eigenvalue weighted by molar-refractivity contribution is 0.421. The summed E-state index contributed by atoms with van der Waals surface area (Å²) < 4.78 is 0. The molecule has 4 aromatic heterocycles. The molecule has 3 N–H and O–H groups in total. The van der Waals surface area contributed by atoms with Gasteiger partial charge in [-0.1, -0.05) is 13.3 Å². The first kappa shape index (κ1) is 23.2. The SMILES string of the molecule is CCS/C=C(\NC)c1cc2c(-c3nc(N4CCNCC4)c4c(C5CCC5)cncc4n3)ccnc2[nH]1. The molecule has 2 aliphatic rings. The minimum absolute atomic E-state index is 0.560. The van der Waals surface area contributed by atoms with Gasteiger partial charge >= 0.3 is 0 Å². The van der Waals surface area contributed by atoms with Gasteiger partial charge in [-0.25, -0.2) is 15.0 Å². The van der Waals surface area contributed by atoms with Crippen LogP contribution in [0.1, 0.15) is 43.4 Å². The Balaban J connectivity index is 1.52. The van der Waals surface area contributed by atoms with E-state index in [1.807, 2.05) is 31.7 Å². The molecular formula is C27H32N8S. The summed E-state index contributed by atoms with van der Waals surface area (Å²) >= 11 is 1.77. The molecule has 2 fully saturated rings. The monoisotopic (exact) mass is 500 g/mol. The van der Waals surface area contributed by atoms with Crippen LogP contribution in [0.15, 0.2) is 36.1 Å². The van der Waals surface area contributed by atoms with Crippen LogP contribution in [0.2, 0.25) is 0 Å². The molecule has 0 atom stereocenters. The number of piperazine rings is 1. The average molecular weight is 501 g/mol. The fraction of sp³-hybridized carbons (Fsp3) is 0.407. The highest BCUT2D eigenvalue weighted by Gasteiger charge is 2.27. The lowest BCUT2D eigenvalue weighted by Gasteiger charge is -2.32. The molecule has 0 aromatic carbocycles. The van der Waals surface area contributed by atoms with Crippen LogP contribution in [-0.4, -0.2) is 63.9 Å². The molecule has 0 unspecified atom stereocenters. The maximum Gasteiger partial charge on any atom is 0.163 e. The van der Waals surface area contributed by atoms with E-state index in [2.05, 4.69) is 48.9 Å². The third kappa shape index (κ3) is 4.20.